The van der Waals surface area contributed by atoms with E-state index in [4.69, 9.17) is 9.57 Å². The average Bonchev–Trinajstić information content (AvgIpc) is 3.28. The highest BCUT2D eigenvalue weighted by molar-refractivity contribution is 5.76. The van der Waals surface area contributed by atoms with Crippen molar-refractivity contribution in [1.82, 2.24) is 35.8 Å². The first-order valence-corrected chi connectivity index (χ1v) is 11.1. The molecule has 3 N–H and O–H groups in total. The van der Waals surface area contributed by atoms with Crippen LogP contribution in [-0.4, -0.2) is 50.6 Å². The van der Waals surface area contributed by atoms with Gasteiger partial charge in [0.25, 0.3) is 0 Å². The molecule has 0 saturated carbocycles. The van der Waals surface area contributed by atoms with Crippen LogP contribution in [0.1, 0.15) is 19.3 Å². The number of rotatable bonds is 0. The Labute approximate surface area is 195 Å². The van der Waals surface area contributed by atoms with Crippen molar-refractivity contribution in [3.63, 3.8) is 0 Å². The lowest BCUT2D eigenvalue weighted by Crippen LogP contribution is -2.29. The van der Waals surface area contributed by atoms with Crippen molar-refractivity contribution in [2.75, 3.05) is 25.0 Å². The van der Waals surface area contributed by atoms with Gasteiger partial charge in [-0.25, -0.2) is 4.98 Å². The molecule has 11 nitrogen and oxygen atoms in total. The van der Waals surface area contributed by atoms with Gasteiger partial charge in [0.15, 0.2) is 11.2 Å². The minimum absolute atomic E-state index is 0.0238. The number of amides is 1. The summed E-state index contributed by atoms with van der Waals surface area (Å²) in [5, 5.41) is 14.5. The van der Waals surface area contributed by atoms with Crippen LogP contribution in [0, 0.1) is 0 Å². The van der Waals surface area contributed by atoms with E-state index in [9.17, 15) is 4.79 Å². The largest absolute Gasteiger partial charge is 0.494 e. The zero-order valence-electron chi connectivity index (χ0n) is 18.4. The summed E-state index contributed by atoms with van der Waals surface area (Å²) < 4.78 is 7.42. The molecule has 3 aliphatic rings. The Bertz CT molecular complexity index is 1260. The van der Waals surface area contributed by atoms with Gasteiger partial charge >= 0.3 is 0 Å². The van der Waals surface area contributed by atoms with E-state index in [-0.39, 0.29) is 5.91 Å². The number of hydrogen-bond donors (Lipinski definition) is 3. The van der Waals surface area contributed by atoms with Crippen molar-refractivity contribution < 1.29 is 14.4 Å². The molecule has 0 atom stereocenters. The van der Waals surface area contributed by atoms with Crippen LogP contribution in [0.2, 0.25) is 0 Å². The lowest BCUT2D eigenvalue weighted by molar-refractivity contribution is -0.121. The van der Waals surface area contributed by atoms with Crippen molar-refractivity contribution >= 4 is 28.7 Å². The lowest BCUT2D eigenvalue weighted by Gasteiger charge is -2.10. The van der Waals surface area contributed by atoms with Crippen LogP contribution < -0.4 is 25.7 Å². The number of aromatic nitrogens is 5. The van der Waals surface area contributed by atoms with E-state index in [1.54, 1.807) is 23.0 Å². The maximum atomic E-state index is 12.0. The van der Waals surface area contributed by atoms with Crippen molar-refractivity contribution in [2.24, 2.45) is 0 Å². The van der Waals surface area contributed by atoms with Crippen LogP contribution in [0.5, 0.6) is 11.5 Å². The first kappa shape index (κ1) is 21.6. The highest BCUT2D eigenvalue weighted by Crippen LogP contribution is 2.21. The number of benzene rings is 2. The Balaban J connectivity index is 1.39. The van der Waals surface area contributed by atoms with E-state index in [2.05, 4.69) is 36.4 Å². The van der Waals surface area contributed by atoms with Crippen molar-refractivity contribution in [3.8, 4) is 17.2 Å². The molecule has 11 heteroatoms. The van der Waals surface area contributed by atoms with E-state index in [1.807, 2.05) is 36.4 Å². The summed E-state index contributed by atoms with van der Waals surface area (Å²) in [7, 11) is 0. The topological polar surface area (TPSA) is 128 Å². The van der Waals surface area contributed by atoms with Crippen LogP contribution in [0.25, 0.3) is 16.9 Å². The molecule has 7 rings (SSSR count). The monoisotopic (exact) mass is 460 g/mol. The van der Waals surface area contributed by atoms with Crippen molar-refractivity contribution in [2.45, 2.75) is 19.3 Å². The SMILES string of the molecule is O=C1CCNOc2ccc(cc2)-n2nnc3cnc(nc32)Nc2ccc(cc2)OCCCCN1. The summed E-state index contributed by atoms with van der Waals surface area (Å²) in [5.74, 6) is 1.80. The number of carbonyl (C=O) groups is 1. The Morgan fingerprint density at radius 1 is 0.941 bits per heavy atom. The minimum Gasteiger partial charge on any atom is -0.494 e. The van der Waals surface area contributed by atoms with Gasteiger partial charge in [-0.3, -0.25) is 4.79 Å². The molecule has 2 aromatic heterocycles. The molecular weight excluding hydrogens is 436 g/mol. The number of hydroxylamine groups is 1. The first-order chi connectivity index (χ1) is 16.7. The maximum Gasteiger partial charge on any atom is 0.229 e. The van der Waals surface area contributed by atoms with Gasteiger partial charge in [0.2, 0.25) is 11.9 Å². The Morgan fingerprint density at radius 3 is 2.62 bits per heavy atom. The molecule has 0 unspecified atom stereocenters. The van der Waals surface area contributed by atoms with Crippen molar-refractivity contribution in [1.29, 1.82) is 0 Å². The molecule has 5 heterocycles. The van der Waals surface area contributed by atoms with Crippen LogP contribution in [0.3, 0.4) is 0 Å². The summed E-state index contributed by atoms with van der Waals surface area (Å²) in [4.78, 5) is 26.4. The van der Waals surface area contributed by atoms with Crippen LogP contribution >= 0.6 is 0 Å². The van der Waals surface area contributed by atoms with Crippen molar-refractivity contribution in [3.05, 3.63) is 54.7 Å². The van der Waals surface area contributed by atoms with E-state index in [1.165, 1.54) is 0 Å². The third kappa shape index (κ3) is 5.21. The highest BCUT2D eigenvalue weighted by atomic mass is 16.6. The Hall–Kier alpha value is -4.25. The van der Waals surface area contributed by atoms with Crippen LogP contribution in [0.4, 0.5) is 11.6 Å². The molecule has 174 valence electrons. The fourth-order valence-corrected chi connectivity index (χ4v) is 3.41. The van der Waals surface area contributed by atoms with Gasteiger partial charge in [0, 0.05) is 25.2 Å². The number of fused-ring (bicyclic) bond motifs is 2. The quantitative estimate of drug-likeness (QED) is 0.363. The standard InChI is InChI=1S/C23H24N8O3/c32-21-11-13-26-34-19-9-5-17(6-10-19)31-22-20(29-30-31)15-25-23(28-22)27-16-3-7-18(8-4-16)33-14-2-1-12-24-21/h3-10,15,26H,1-2,11-14H2,(H,24,32)(H,25,27,28). The second-order valence-electron chi connectivity index (χ2n) is 7.70. The Kier molecular flexibility index (Phi) is 6.43. The van der Waals surface area contributed by atoms with Gasteiger partial charge in [0.05, 0.1) is 18.5 Å². The molecular formula is C23H24N8O3. The van der Waals surface area contributed by atoms with Gasteiger partial charge in [0.1, 0.15) is 11.5 Å². The van der Waals surface area contributed by atoms with E-state index >= 15 is 0 Å². The zero-order chi connectivity index (χ0) is 23.2. The smallest absolute Gasteiger partial charge is 0.229 e. The molecule has 4 aromatic rings. The molecule has 1 amide bonds. The summed E-state index contributed by atoms with van der Waals surface area (Å²) in [5.41, 5.74) is 5.57. The number of nitrogens with zero attached hydrogens (tertiary/aromatic N) is 5. The predicted octanol–water partition coefficient (Wildman–Crippen LogP) is 2.52. The average molecular weight is 460 g/mol. The van der Waals surface area contributed by atoms with Gasteiger partial charge in [-0.05, 0) is 61.4 Å². The maximum absolute atomic E-state index is 12.0. The van der Waals surface area contributed by atoms with Gasteiger partial charge < -0.3 is 20.2 Å². The van der Waals surface area contributed by atoms with E-state index < -0.39 is 0 Å². The molecule has 0 aliphatic carbocycles. The summed E-state index contributed by atoms with van der Waals surface area (Å²) in [6.07, 6.45) is 3.63. The molecule has 0 radical (unpaired) electrons. The zero-order valence-corrected chi connectivity index (χ0v) is 18.4. The fourth-order valence-electron chi connectivity index (χ4n) is 3.41. The summed E-state index contributed by atoms with van der Waals surface area (Å²) in [6, 6.07) is 14.9. The van der Waals surface area contributed by atoms with Gasteiger partial charge in [-0.2, -0.15) is 15.1 Å². The first-order valence-electron chi connectivity index (χ1n) is 11.1. The van der Waals surface area contributed by atoms with Gasteiger partial charge in [-0.1, -0.05) is 5.21 Å². The van der Waals surface area contributed by atoms with Crippen LogP contribution in [0.15, 0.2) is 54.7 Å². The molecule has 0 spiro atoms. The molecule has 3 aliphatic heterocycles. The normalized spacial score (nSPS) is 15.2. The van der Waals surface area contributed by atoms with Gasteiger partial charge in [-0.15, -0.1) is 5.10 Å². The molecule has 6 bridgehead atoms. The molecule has 2 aromatic carbocycles. The molecule has 34 heavy (non-hydrogen) atoms. The second kappa shape index (κ2) is 10.1. The lowest BCUT2D eigenvalue weighted by atomic mass is 10.3. The third-order valence-electron chi connectivity index (χ3n) is 5.19. The third-order valence-corrected chi connectivity index (χ3v) is 5.19. The number of nitrogens with one attached hydrogen (secondary N) is 3. The second-order valence-corrected chi connectivity index (χ2v) is 7.70. The van der Waals surface area contributed by atoms with E-state index in [0.29, 0.717) is 49.0 Å². The predicted molar refractivity (Wildman–Crippen MR) is 125 cm³/mol. The number of hydrogen-bond acceptors (Lipinski definition) is 9. The fraction of sp³-hybridized carbons (Fsp3) is 0.261. The number of carbonyl (C=O) groups excluding carboxylic acids is 1. The Morgan fingerprint density at radius 2 is 1.76 bits per heavy atom. The summed E-state index contributed by atoms with van der Waals surface area (Å²) >= 11 is 0. The summed E-state index contributed by atoms with van der Waals surface area (Å²) in [6.45, 7) is 1.59. The molecule has 0 saturated heterocycles. The number of anilines is 2. The van der Waals surface area contributed by atoms with Crippen LogP contribution in [-0.2, 0) is 4.79 Å². The number of ether oxygens (including phenoxy) is 1. The molecule has 0 fully saturated rings. The highest BCUT2D eigenvalue weighted by Gasteiger charge is 2.11. The van der Waals surface area contributed by atoms with E-state index in [0.717, 1.165) is 30.0 Å². The minimum atomic E-state index is -0.0238.